The van der Waals surface area contributed by atoms with Crippen molar-refractivity contribution in [3.63, 3.8) is 0 Å². The molecule has 3 aromatic carbocycles. The smallest absolute Gasteiger partial charge is 0.0165 e. The maximum absolute atomic E-state index is 2.58. The van der Waals surface area contributed by atoms with E-state index in [0.29, 0.717) is 11.8 Å². The van der Waals surface area contributed by atoms with Crippen molar-refractivity contribution >= 4 is 28.0 Å². The van der Waals surface area contributed by atoms with E-state index in [1.807, 2.05) is 0 Å². The van der Waals surface area contributed by atoms with Gasteiger partial charge in [-0.05, 0) is 85.7 Å². The minimum atomic E-state index is -0.0319. The quantitative estimate of drug-likeness (QED) is 0.428. The fraction of sp³-hybridized carbons (Fsp3) is 0.312. The molecule has 0 aliphatic heterocycles. The average molecular weight is 417 g/mol. The fourth-order valence-electron chi connectivity index (χ4n) is 6.63. The zero-order valence-electron chi connectivity index (χ0n) is 19.7. The molecule has 0 saturated carbocycles. The highest BCUT2D eigenvalue weighted by Gasteiger charge is 2.38. The van der Waals surface area contributed by atoms with E-state index >= 15 is 0 Å². The van der Waals surface area contributed by atoms with Crippen LogP contribution in [0.2, 0.25) is 0 Å². The topological polar surface area (TPSA) is 0 Å². The van der Waals surface area contributed by atoms with E-state index < -0.39 is 0 Å². The largest absolute Gasteiger partial charge is 0.0842 e. The summed E-state index contributed by atoms with van der Waals surface area (Å²) in [6, 6.07) is 18.4. The summed E-state index contributed by atoms with van der Waals surface area (Å²) < 4.78 is 0. The second-order valence-electron chi connectivity index (χ2n) is 10.6. The Morgan fingerprint density at radius 2 is 1.69 bits per heavy atom. The molecule has 32 heavy (non-hydrogen) atoms. The van der Waals surface area contributed by atoms with Crippen molar-refractivity contribution in [1.29, 1.82) is 0 Å². The fourth-order valence-corrected chi connectivity index (χ4v) is 6.63. The molecule has 0 heteroatoms. The Bertz CT molecular complexity index is 1440. The molecule has 0 fully saturated rings. The van der Waals surface area contributed by atoms with Gasteiger partial charge in [-0.15, -0.1) is 0 Å². The number of fused-ring (bicyclic) bond motifs is 4. The van der Waals surface area contributed by atoms with Gasteiger partial charge in [-0.3, -0.25) is 0 Å². The van der Waals surface area contributed by atoms with Crippen LogP contribution in [-0.4, -0.2) is 0 Å². The SMILES string of the molecule is CC(C)C1CC=c2c(C3=CC=CCC3)c3ccccc3c3c2=C1c1ccccc1C3(C)C. The predicted octanol–water partition coefficient (Wildman–Crippen LogP) is 6.87. The van der Waals surface area contributed by atoms with Crippen LogP contribution in [0.5, 0.6) is 0 Å². The first-order valence-corrected chi connectivity index (χ1v) is 12.3. The molecule has 0 radical (unpaired) electrons. The van der Waals surface area contributed by atoms with Crippen molar-refractivity contribution in [2.45, 2.75) is 52.4 Å². The van der Waals surface area contributed by atoms with E-state index in [1.54, 1.807) is 10.8 Å². The van der Waals surface area contributed by atoms with E-state index in [4.69, 9.17) is 0 Å². The van der Waals surface area contributed by atoms with Gasteiger partial charge in [-0.2, -0.15) is 0 Å². The van der Waals surface area contributed by atoms with Crippen LogP contribution in [0.15, 0.2) is 66.8 Å². The second-order valence-corrected chi connectivity index (χ2v) is 10.6. The van der Waals surface area contributed by atoms with Crippen LogP contribution in [0.4, 0.5) is 0 Å². The Balaban J connectivity index is 1.91. The molecule has 0 N–H and O–H groups in total. The molecular weight excluding hydrogens is 384 g/mol. The number of rotatable bonds is 2. The molecule has 0 spiro atoms. The summed E-state index contributed by atoms with van der Waals surface area (Å²) in [5, 5.41) is 5.90. The molecule has 0 bridgehead atoms. The van der Waals surface area contributed by atoms with Gasteiger partial charge in [0.2, 0.25) is 0 Å². The Morgan fingerprint density at radius 3 is 2.44 bits per heavy atom. The highest BCUT2D eigenvalue weighted by molar-refractivity contribution is 6.00. The molecule has 0 aromatic heterocycles. The molecule has 3 aliphatic rings. The van der Waals surface area contributed by atoms with Crippen molar-refractivity contribution < 1.29 is 0 Å². The Kier molecular flexibility index (Phi) is 4.37. The standard InChI is InChI=1S/C32H32/c1-20(2)22-18-19-26-28(21-12-6-5-7-13-21)23-14-8-9-15-24(23)31-30(26)29(22)25-16-10-11-17-27(25)32(31,3)4/h5-6,8-12,14-17,19-20,22H,7,13,18H2,1-4H3. The highest BCUT2D eigenvalue weighted by Crippen LogP contribution is 2.45. The number of hydrogen-bond donors (Lipinski definition) is 0. The number of benzene rings is 3. The summed E-state index contributed by atoms with van der Waals surface area (Å²) >= 11 is 0. The second kappa shape index (κ2) is 7.07. The maximum Gasteiger partial charge on any atom is 0.0165 e. The monoisotopic (exact) mass is 416 g/mol. The summed E-state index contributed by atoms with van der Waals surface area (Å²) in [5.41, 5.74) is 9.05. The van der Waals surface area contributed by atoms with Gasteiger partial charge in [-0.25, -0.2) is 0 Å². The predicted molar refractivity (Wildman–Crippen MR) is 138 cm³/mol. The van der Waals surface area contributed by atoms with Gasteiger partial charge in [0.15, 0.2) is 0 Å². The van der Waals surface area contributed by atoms with Crippen LogP contribution in [-0.2, 0) is 5.41 Å². The third kappa shape index (κ3) is 2.62. The zero-order chi connectivity index (χ0) is 22.0. The van der Waals surface area contributed by atoms with Gasteiger partial charge in [0.05, 0.1) is 0 Å². The van der Waals surface area contributed by atoms with Crippen LogP contribution in [0.3, 0.4) is 0 Å². The normalized spacial score (nSPS) is 20.6. The number of hydrogen-bond acceptors (Lipinski definition) is 0. The minimum Gasteiger partial charge on any atom is -0.0842 e. The van der Waals surface area contributed by atoms with E-state index in [-0.39, 0.29) is 5.41 Å². The van der Waals surface area contributed by atoms with E-state index in [2.05, 4.69) is 101 Å². The Hall–Kier alpha value is -2.86. The number of allylic oxidation sites excluding steroid dienone is 4. The molecule has 0 saturated heterocycles. The van der Waals surface area contributed by atoms with Crippen LogP contribution >= 0.6 is 0 Å². The molecule has 1 unspecified atom stereocenters. The lowest BCUT2D eigenvalue weighted by atomic mass is 9.63. The van der Waals surface area contributed by atoms with Crippen molar-refractivity contribution in [2.24, 2.45) is 11.8 Å². The lowest BCUT2D eigenvalue weighted by molar-refractivity contribution is 0.482. The van der Waals surface area contributed by atoms with Crippen LogP contribution in [0, 0.1) is 11.8 Å². The average Bonchev–Trinajstić information content (AvgIpc) is 2.81. The van der Waals surface area contributed by atoms with Crippen molar-refractivity contribution in [3.8, 4) is 0 Å². The summed E-state index contributed by atoms with van der Waals surface area (Å²) in [6.07, 6.45) is 12.9. The highest BCUT2D eigenvalue weighted by atomic mass is 14.4. The van der Waals surface area contributed by atoms with Crippen molar-refractivity contribution in [1.82, 2.24) is 0 Å². The summed E-state index contributed by atoms with van der Waals surface area (Å²) in [5.74, 6) is 1.18. The first kappa shape index (κ1) is 19.8. The molecule has 3 aliphatic carbocycles. The van der Waals surface area contributed by atoms with Gasteiger partial charge in [-0.1, -0.05) is 101 Å². The van der Waals surface area contributed by atoms with Crippen LogP contribution in [0.25, 0.3) is 28.0 Å². The van der Waals surface area contributed by atoms with E-state index in [9.17, 15) is 0 Å². The van der Waals surface area contributed by atoms with Crippen LogP contribution < -0.4 is 10.4 Å². The third-order valence-electron chi connectivity index (χ3n) is 8.13. The Morgan fingerprint density at radius 1 is 0.938 bits per heavy atom. The third-order valence-corrected chi connectivity index (χ3v) is 8.13. The maximum atomic E-state index is 2.58. The first-order valence-electron chi connectivity index (χ1n) is 12.3. The molecule has 0 nitrogen and oxygen atoms in total. The van der Waals surface area contributed by atoms with Gasteiger partial charge < -0.3 is 0 Å². The molecule has 0 heterocycles. The van der Waals surface area contributed by atoms with Gasteiger partial charge >= 0.3 is 0 Å². The van der Waals surface area contributed by atoms with Gasteiger partial charge in [0.1, 0.15) is 0 Å². The molecule has 6 rings (SSSR count). The van der Waals surface area contributed by atoms with Crippen molar-refractivity contribution in [3.05, 3.63) is 99.5 Å². The van der Waals surface area contributed by atoms with Crippen molar-refractivity contribution in [2.75, 3.05) is 0 Å². The van der Waals surface area contributed by atoms with E-state index in [0.717, 1.165) is 19.3 Å². The molecule has 3 aromatic rings. The molecular formula is C32H32. The zero-order valence-corrected chi connectivity index (χ0v) is 19.7. The lowest BCUT2D eigenvalue weighted by Crippen LogP contribution is -2.47. The molecule has 0 amide bonds. The minimum absolute atomic E-state index is 0.0319. The summed E-state index contributed by atoms with van der Waals surface area (Å²) in [7, 11) is 0. The summed E-state index contributed by atoms with van der Waals surface area (Å²) in [6.45, 7) is 9.67. The lowest BCUT2D eigenvalue weighted by Gasteiger charge is -2.40. The summed E-state index contributed by atoms with van der Waals surface area (Å²) in [4.78, 5) is 0. The van der Waals surface area contributed by atoms with E-state index in [1.165, 1.54) is 43.8 Å². The Labute approximate surface area is 191 Å². The first-order chi connectivity index (χ1) is 15.5. The molecule has 1 atom stereocenters. The van der Waals surface area contributed by atoms with Gasteiger partial charge in [0.25, 0.3) is 0 Å². The van der Waals surface area contributed by atoms with Crippen LogP contribution in [0.1, 0.15) is 69.2 Å². The molecule has 160 valence electrons. The van der Waals surface area contributed by atoms with Gasteiger partial charge in [0, 0.05) is 5.41 Å².